The first-order valence-electron chi connectivity index (χ1n) is 7.46. The van der Waals surface area contributed by atoms with E-state index in [9.17, 15) is 0 Å². The van der Waals surface area contributed by atoms with E-state index in [0.717, 1.165) is 0 Å². The van der Waals surface area contributed by atoms with Crippen LogP contribution in [0.25, 0.3) is 10.8 Å². The maximum absolute atomic E-state index is 6.47. The fourth-order valence-corrected chi connectivity index (χ4v) is 2.22. The van der Waals surface area contributed by atoms with Crippen LogP contribution in [0.3, 0.4) is 0 Å². The number of aryl methyl sites for hydroxylation is 1. The summed E-state index contributed by atoms with van der Waals surface area (Å²) >= 11 is 0. The van der Waals surface area contributed by atoms with Crippen molar-refractivity contribution in [3.05, 3.63) is 48.0 Å². The van der Waals surface area contributed by atoms with Gasteiger partial charge in [0.05, 0.1) is 0 Å². The normalized spacial score (nSPS) is 9.68. The Morgan fingerprint density at radius 3 is 2.18 bits per heavy atom. The molecule has 0 saturated heterocycles. The summed E-state index contributed by atoms with van der Waals surface area (Å²) in [5.74, 6) is -0.625. The maximum Gasteiger partial charge on any atom is 0.192 e. The predicted octanol–water partition coefficient (Wildman–Crippen LogP) is 2.94. The number of nitrogens with two attached hydrogens (primary N) is 2. The highest BCUT2D eigenvalue weighted by Gasteiger charge is 1.99. The lowest BCUT2D eigenvalue weighted by molar-refractivity contribution is 0.719. The van der Waals surface area contributed by atoms with Gasteiger partial charge in [-0.3, -0.25) is 16.1 Å². The zero-order valence-corrected chi connectivity index (χ0v) is 13.0. The third-order valence-corrected chi connectivity index (χ3v) is 3.20. The van der Waals surface area contributed by atoms with Crippen LogP contribution in [0.1, 0.15) is 31.7 Å². The molecule has 0 fully saturated rings. The number of rotatable bonds is 4. The van der Waals surface area contributed by atoms with Gasteiger partial charge in [-0.2, -0.15) is 0 Å². The maximum atomic E-state index is 6.47. The average Bonchev–Trinajstić information content (AvgIpc) is 2.47. The molecule has 0 bridgehead atoms. The lowest BCUT2D eigenvalue weighted by Gasteiger charge is -2.05. The lowest BCUT2D eigenvalue weighted by atomic mass is 10.00. The van der Waals surface area contributed by atoms with E-state index < -0.39 is 0 Å². The topological polar surface area (TPSA) is 112 Å². The van der Waals surface area contributed by atoms with Gasteiger partial charge in [-0.1, -0.05) is 62.2 Å². The summed E-state index contributed by atoms with van der Waals surface area (Å²) in [5.41, 5.74) is 11.0. The van der Waals surface area contributed by atoms with Crippen LogP contribution < -0.4 is 16.8 Å². The molecule has 5 heteroatoms. The summed E-state index contributed by atoms with van der Waals surface area (Å²) in [7, 11) is 0. The van der Waals surface area contributed by atoms with Crippen molar-refractivity contribution in [2.24, 2.45) is 11.5 Å². The van der Waals surface area contributed by atoms with Gasteiger partial charge in [-0.25, -0.2) is 0 Å². The fourth-order valence-electron chi connectivity index (χ4n) is 2.22. The van der Waals surface area contributed by atoms with Crippen molar-refractivity contribution in [1.82, 2.24) is 5.32 Å². The number of hydrogen-bond donors (Lipinski definition) is 5. The first-order valence-corrected chi connectivity index (χ1v) is 7.46. The Morgan fingerprint density at radius 1 is 0.955 bits per heavy atom. The molecule has 0 atom stereocenters. The molecule has 2 aromatic rings. The Kier molecular flexibility index (Phi) is 7.47. The molecule has 0 unspecified atom stereocenters. The molecule has 118 valence electrons. The molecule has 22 heavy (non-hydrogen) atoms. The molecule has 0 aromatic heterocycles. The Balaban J connectivity index is 0.000000295. The molecule has 7 N–H and O–H groups in total. The van der Waals surface area contributed by atoms with Gasteiger partial charge >= 0.3 is 0 Å². The minimum absolute atomic E-state index is 0.312. The highest BCUT2D eigenvalue weighted by atomic mass is 15.1. The van der Waals surface area contributed by atoms with Gasteiger partial charge in [-0.05, 0) is 29.2 Å². The highest BCUT2D eigenvalue weighted by Crippen LogP contribution is 2.20. The van der Waals surface area contributed by atoms with Crippen LogP contribution in [0.4, 0.5) is 0 Å². The first kappa shape index (κ1) is 17.5. The molecule has 0 amide bonds. The SMILES string of the molecule is CCCCCc1cccc2ccccc12.N=C(N)NC(=N)N. The summed E-state index contributed by atoms with van der Waals surface area (Å²) in [4.78, 5) is 0. The molecule has 0 aliphatic carbocycles. The van der Waals surface area contributed by atoms with Crippen LogP contribution in [-0.4, -0.2) is 11.9 Å². The molecule has 0 saturated carbocycles. The third-order valence-electron chi connectivity index (χ3n) is 3.20. The van der Waals surface area contributed by atoms with Crippen molar-refractivity contribution >= 4 is 22.7 Å². The third kappa shape index (κ3) is 6.26. The van der Waals surface area contributed by atoms with Crippen LogP contribution in [0.5, 0.6) is 0 Å². The van der Waals surface area contributed by atoms with Crippen LogP contribution >= 0.6 is 0 Å². The molecular formula is C17H25N5. The highest BCUT2D eigenvalue weighted by molar-refractivity contribution is 5.93. The minimum atomic E-state index is -0.312. The summed E-state index contributed by atoms with van der Waals surface area (Å²) in [6.07, 6.45) is 5.16. The number of fused-ring (bicyclic) bond motifs is 1. The second-order valence-electron chi connectivity index (χ2n) is 5.05. The van der Waals surface area contributed by atoms with E-state index in [-0.39, 0.29) is 11.9 Å². The van der Waals surface area contributed by atoms with Gasteiger partial charge in [0, 0.05) is 0 Å². The Hall–Kier alpha value is -2.56. The smallest absolute Gasteiger partial charge is 0.192 e. The van der Waals surface area contributed by atoms with Gasteiger partial charge in [0.1, 0.15) is 0 Å². The van der Waals surface area contributed by atoms with E-state index in [0.29, 0.717) is 0 Å². The minimum Gasteiger partial charge on any atom is -0.370 e. The number of benzene rings is 2. The Morgan fingerprint density at radius 2 is 1.59 bits per heavy atom. The lowest BCUT2D eigenvalue weighted by Crippen LogP contribution is -2.39. The largest absolute Gasteiger partial charge is 0.370 e. The molecule has 0 aliphatic rings. The summed E-state index contributed by atoms with van der Waals surface area (Å²) in [5, 5.41) is 17.8. The van der Waals surface area contributed by atoms with Gasteiger partial charge in [0.15, 0.2) is 11.9 Å². The van der Waals surface area contributed by atoms with Crippen molar-refractivity contribution in [3.8, 4) is 0 Å². The Labute approximate surface area is 131 Å². The van der Waals surface area contributed by atoms with Crippen molar-refractivity contribution in [2.45, 2.75) is 32.6 Å². The van der Waals surface area contributed by atoms with Gasteiger partial charge < -0.3 is 11.5 Å². The van der Waals surface area contributed by atoms with Gasteiger partial charge in [-0.15, -0.1) is 0 Å². The van der Waals surface area contributed by atoms with Crippen molar-refractivity contribution < 1.29 is 0 Å². The zero-order valence-electron chi connectivity index (χ0n) is 13.0. The van der Waals surface area contributed by atoms with Crippen LogP contribution in [0.2, 0.25) is 0 Å². The summed E-state index contributed by atoms with van der Waals surface area (Å²) in [6.45, 7) is 2.25. The molecule has 0 heterocycles. The van der Waals surface area contributed by atoms with E-state index in [2.05, 4.69) is 49.4 Å². The molecular weight excluding hydrogens is 274 g/mol. The average molecular weight is 299 g/mol. The van der Waals surface area contributed by atoms with Crippen LogP contribution in [-0.2, 0) is 6.42 Å². The number of hydrogen-bond acceptors (Lipinski definition) is 2. The number of unbranched alkanes of at least 4 members (excludes halogenated alkanes) is 2. The van der Waals surface area contributed by atoms with Gasteiger partial charge in [0.25, 0.3) is 0 Å². The van der Waals surface area contributed by atoms with E-state index in [4.69, 9.17) is 22.3 Å². The van der Waals surface area contributed by atoms with Crippen LogP contribution in [0.15, 0.2) is 42.5 Å². The quantitative estimate of drug-likeness (QED) is 0.340. The number of nitrogens with one attached hydrogen (secondary N) is 3. The van der Waals surface area contributed by atoms with Crippen LogP contribution in [0, 0.1) is 10.8 Å². The molecule has 5 nitrogen and oxygen atoms in total. The van der Waals surface area contributed by atoms with Crippen molar-refractivity contribution in [1.29, 1.82) is 10.8 Å². The molecule has 2 rings (SSSR count). The van der Waals surface area contributed by atoms with E-state index in [1.165, 1.54) is 42.0 Å². The number of guanidine groups is 2. The molecule has 0 spiro atoms. The molecule has 2 aromatic carbocycles. The van der Waals surface area contributed by atoms with Gasteiger partial charge in [0.2, 0.25) is 0 Å². The monoisotopic (exact) mass is 299 g/mol. The summed E-state index contributed by atoms with van der Waals surface area (Å²) in [6, 6.07) is 15.3. The fraction of sp³-hybridized carbons (Fsp3) is 0.294. The summed E-state index contributed by atoms with van der Waals surface area (Å²) < 4.78 is 0. The first-order chi connectivity index (χ1) is 10.5. The molecule has 0 aliphatic heterocycles. The Bertz CT molecular complexity index is 604. The second kappa shape index (κ2) is 9.39. The second-order valence-corrected chi connectivity index (χ2v) is 5.05. The zero-order chi connectivity index (χ0) is 16.4. The van der Waals surface area contributed by atoms with E-state index in [1.54, 1.807) is 0 Å². The van der Waals surface area contributed by atoms with Crippen molar-refractivity contribution in [3.63, 3.8) is 0 Å². The van der Waals surface area contributed by atoms with E-state index >= 15 is 0 Å². The predicted molar refractivity (Wildman–Crippen MR) is 94.1 cm³/mol. The van der Waals surface area contributed by atoms with E-state index in [1.807, 2.05) is 5.32 Å². The standard InChI is InChI=1S/C15H18.C2H7N5/c1-2-3-4-8-13-10-7-11-14-9-5-6-12-15(13)14;3-1(4)7-2(5)6/h5-7,9-12H,2-4,8H2,1H3;(H7,3,4,5,6,7). The molecule has 0 radical (unpaired) electrons. The van der Waals surface area contributed by atoms with Crippen molar-refractivity contribution in [2.75, 3.05) is 0 Å².